The van der Waals surface area contributed by atoms with Crippen molar-refractivity contribution in [3.63, 3.8) is 0 Å². The van der Waals surface area contributed by atoms with Gasteiger partial charge in [0, 0.05) is 23.2 Å². The van der Waals surface area contributed by atoms with Crippen molar-refractivity contribution in [3.8, 4) is 0 Å². The number of likely N-dealkylation sites (tertiary alicyclic amines) is 1. The van der Waals surface area contributed by atoms with Gasteiger partial charge in [-0.3, -0.25) is 14.8 Å². The number of guanidine groups is 1. The van der Waals surface area contributed by atoms with E-state index in [9.17, 15) is 21.6 Å². The SMILES string of the molecule is Cc1ccc(S(=O)(=O)O)cc1.N=C(N)N1CCCC(CNC(=O)[C@@H](Cc2ccc(I)cc2)NS(=O)(=O)c2ccc3ccccc3c2)C1. The van der Waals surface area contributed by atoms with Crippen LogP contribution in [0, 0.1) is 21.8 Å². The van der Waals surface area contributed by atoms with Crippen molar-refractivity contribution in [2.75, 3.05) is 19.6 Å². The Morgan fingerprint density at radius 3 is 2.26 bits per heavy atom. The first-order chi connectivity index (χ1) is 22.2. The van der Waals surface area contributed by atoms with Crippen molar-refractivity contribution >= 4 is 65.4 Å². The summed E-state index contributed by atoms with van der Waals surface area (Å²) >= 11 is 2.21. The van der Waals surface area contributed by atoms with Gasteiger partial charge >= 0.3 is 0 Å². The second kappa shape index (κ2) is 16.0. The Morgan fingerprint density at radius 2 is 1.62 bits per heavy atom. The molecule has 0 aromatic heterocycles. The highest BCUT2D eigenvalue weighted by Crippen LogP contribution is 2.20. The van der Waals surface area contributed by atoms with Gasteiger partial charge in [0.05, 0.1) is 9.79 Å². The van der Waals surface area contributed by atoms with Gasteiger partial charge in [0.1, 0.15) is 6.04 Å². The normalized spacial score (nSPS) is 15.7. The van der Waals surface area contributed by atoms with E-state index in [2.05, 4.69) is 32.6 Å². The molecule has 47 heavy (non-hydrogen) atoms. The summed E-state index contributed by atoms with van der Waals surface area (Å²) in [6.07, 6.45) is 2.02. The van der Waals surface area contributed by atoms with Gasteiger partial charge in [0.2, 0.25) is 15.9 Å². The number of rotatable bonds is 9. The van der Waals surface area contributed by atoms with Gasteiger partial charge in [-0.25, -0.2) is 8.42 Å². The lowest BCUT2D eigenvalue weighted by atomic mass is 9.98. The van der Waals surface area contributed by atoms with E-state index in [0.717, 1.165) is 44.9 Å². The number of carbonyl (C=O) groups is 1. The van der Waals surface area contributed by atoms with E-state index in [1.54, 1.807) is 35.2 Å². The fourth-order valence-electron chi connectivity index (χ4n) is 5.16. The number of aryl methyl sites for hydroxylation is 1. The second-order valence-corrected chi connectivity index (χ2v) is 15.8. The molecule has 1 unspecified atom stereocenters. The number of fused-ring (bicyclic) bond motifs is 1. The van der Waals surface area contributed by atoms with E-state index in [1.807, 2.05) is 55.5 Å². The largest absolute Gasteiger partial charge is 0.370 e. The zero-order chi connectivity index (χ0) is 34.2. The molecule has 1 saturated heterocycles. The lowest BCUT2D eigenvalue weighted by Crippen LogP contribution is -2.51. The molecule has 5 rings (SSSR count). The Labute approximate surface area is 289 Å². The van der Waals surface area contributed by atoms with Crippen LogP contribution in [0.4, 0.5) is 0 Å². The van der Waals surface area contributed by atoms with Crippen LogP contribution in [-0.4, -0.2) is 63.8 Å². The van der Waals surface area contributed by atoms with E-state index in [0.29, 0.717) is 13.1 Å². The number of hydrogen-bond donors (Lipinski definition) is 5. The topological polar surface area (TPSA) is 183 Å². The molecule has 1 aliphatic heterocycles. The number of halogens is 1. The van der Waals surface area contributed by atoms with E-state index in [4.69, 9.17) is 15.7 Å². The Morgan fingerprint density at radius 1 is 0.979 bits per heavy atom. The summed E-state index contributed by atoms with van der Waals surface area (Å²) in [6.45, 7) is 3.57. The lowest BCUT2D eigenvalue weighted by molar-refractivity contribution is -0.122. The molecule has 250 valence electrons. The van der Waals surface area contributed by atoms with Crippen LogP contribution in [0.2, 0.25) is 0 Å². The molecule has 14 heteroatoms. The Bertz CT molecular complexity index is 1920. The first kappa shape index (κ1) is 36.3. The summed E-state index contributed by atoms with van der Waals surface area (Å²) in [5.41, 5.74) is 7.45. The molecule has 6 N–H and O–H groups in total. The van der Waals surface area contributed by atoms with Crippen molar-refractivity contribution in [1.29, 1.82) is 5.41 Å². The zero-order valence-electron chi connectivity index (χ0n) is 25.8. The average molecular weight is 792 g/mol. The number of nitrogens with one attached hydrogen (secondary N) is 3. The predicted octanol–water partition coefficient (Wildman–Crippen LogP) is 4.30. The summed E-state index contributed by atoms with van der Waals surface area (Å²) < 4.78 is 59.9. The zero-order valence-corrected chi connectivity index (χ0v) is 29.6. The Kier molecular flexibility index (Phi) is 12.4. The van der Waals surface area contributed by atoms with Crippen LogP contribution in [0.3, 0.4) is 0 Å². The minimum absolute atomic E-state index is 0.0331. The van der Waals surface area contributed by atoms with Gasteiger partial charge < -0.3 is 16.0 Å². The van der Waals surface area contributed by atoms with Gasteiger partial charge in [-0.15, -0.1) is 0 Å². The summed E-state index contributed by atoms with van der Waals surface area (Å²) in [6, 6.07) is 25.2. The van der Waals surface area contributed by atoms with Gasteiger partial charge in [-0.05, 0) is 107 Å². The van der Waals surface area contributed by atoms with Crippen LogP contribution in [0.15, 0.2) is 101 Å². The second-order valence-electron chi connectivity index (χ2n) is 11.4. The minimum Gasteiger partial charge on any atom is -0.370 e. The molecule has 0 spiro atoms. The van der Waals surface area contributed by atoms with E-state index in [1.165, 1.54) is 12.1 Å². The highest BCUT2D eigenvalue weighted by molar-refractivity contribution is 14.1. The fraction of sp³-hybridized carbons (Fsp3) is 0.273. The summed E-state index contributed by atoms with van der Waals surface area (Å²) in [4.78, 5) is 15.1. The maximum absolute atomic E-state index is 13.3. The third kappa shape index (κ3) is 10.7. The van der Waals surface area contributed by atoms with Gasteiger partial charge in [0.25, 0.3) is 10.1 Å². The maximum atomic E-state index is 13.3. The van der Waals surface area contributed by atoms with E-state index in [-0.39, 0.29) is 34.0 Å². The molecule has 1 heterocycles. The number of amides is 1. The molecular formula is C33H38IN5O6S2. The number of nitrogens with two attached hydrogens (primary N) is 1. The minimum atomic E-state index is -4.02. The molecule has 11 nitrogen and oxygen atoms in total. The quantitative estimate of drug-likeness (QED) is 0.0720. The molecule has 1 aliphatic rings. The van der Waals surface area contributed by atoms with Crippen LogP contribution < -0.4 is 15.8 Å². The van der Waals surface area contributed by atoms with Crippen molar-refractivity contribution < 1.29 is 26.2 Å². The van der Waals surface area contributed by atoms with E-state index >= 15 is 0 Å². The number of nitrogens with zero attached hydrogens (tertiary/aromatic N) is 1. The van der Waals surface area contributed by atoms with Crippen LogP contribution in [0.5, 0.6) is 0 Å². The monoisotopic (exact) mass is 791 g/mol. The molecule has 1 fully saturated rings. The first-order valence-corrected chi connectivity index (χ1v) is 18.9. The smallest absolute Gasteiger partial charge is 0.294 e. The fourth-order valence-corrected chi connectivity index (χ4v) is 7.23. The van der Waals surface area contributed by atoms with Crippen LogP contribution in [0.25, 0.3) is 10.8 Å². The molecule has 0 saturated carbocycles. The number of sulfonamides is 1. The molecule has 1 amide bonds. The Hall–Kier alpha value is -3.57. The first-order valence-electron chi connectivity index (χ1n) is 14.9. The van der Waals surface area contributed by atoms with Gasteiger partial charge in [0.15, 0.2) is 5.96 Å². The molecule has 0 radical (unpaired) electrons. The molecular weight excluding hydrogens is 753 g/mol. The standard InChI is InChI=1S/C26H30IN5O3S.C7H8O3S/c27-22-10-7-18(8-11-22)14-24(25(33)30-16-19-4-3-13-32(17-19)26(28)29)31-36(34,35)23-12-9-20-5-1-2-6-21(20)15-23;1-6-2-4-7(5-3-6)11(8,9)10/h1-2,5-12,15,19,24,31H,3-4,13-14,16-17H2,(H3,28,29)(H,30,33);2-5H,1H3,(H,8,9,10)/t19?,24-;/m1./s1. The number of hydrogen-bond acceptors (Lipinski definition) is 6. The highest BCUT2D eigenvalue weighted by atomic mass is 127. The van der Waals surface area contributed by atoms with Gasteiger partial charge in [-0.1, -0.05) is 60.2 Å². The number of carbonyl (C=O) groups excluding carboxylic acids is 1. The third-order valence-electron chi connectivity index (χ3n) is 7.74. The van der Waals surface area contributed by atoms with Crippen LogP contribution in [-0.2, 0) is 31.4 Å². The molecule has 4 aromatic carbocycles. The summed E-state index contributed by atoms with van der Waals surface area (Å²) in [5.74, 6) is -0.203. The highest BCUT2D eigenvalue weighted by Gasteiger charge is 2.28. The molecule has 4 aromatic rings. The maximum Gasteiger partial charge on any atom is 0.294 e. The van der Waals surface area contributed by atoms with Crippen molar-refractivity contribution in [2.24, 2.45) is 11.7 Å². The molecule has 2 atom stereocenters. The Balaban J connectivity index is 0.000000385. The number of benzene rings is 4. The number of piperidine rings is 1. The third-order valence-corrected chi connectivity index (χ3v) is 10.8. The molecule has 0 aliphatic carbocycles. The summed E-state index contributed by atoms with van der Waals surface area (Å²) in [7, 11) is -7.97. The molecule has 0 bridgehead atoms. The summed E-state index contributed by atoms with van der Waals surface area (Å²) in [5, 5.41) is 12.4. The predicted molar refractivity (Wildman–Crippen MR) is 191 cm³/mol. The van der Waals surface area contributed by atoms with Gasteiger partial charge in [-0.2, -0.15) is 13.1 Å². The average Bonchev–Trinajstić information content (AvgIpc) is 3.04. The van der Waals surface area contributed by atoms with Crippen molar-refractivity contribution in [1.82, 2.24) is 14.9 Å². The van der Waals surface area contributed by atoms with Crippen LogP contribution >= 0.6 is 22.6 Å². The van der Waals surface area contributed by atoms with Crippen molar-refractivity contribution in [2.45, 2.75) is 42.0 Å². The van der Waals surface area contributed by atoms with Crippen LogP contribution in [0.1, 0.15) is 24.0 Å². The van der Waals surface area contributed by atoms with E-state index < -0.39 is 26.2 Å². The van der Waals surface area contributed by atoms with Crippen molar-refractivity contribution in [3.05, 3.63) is 106 Å². The lowest BCUT2D eigenvalue weighted by Gasteiger charge is -2.33.